The normalized spacial score (nSPS) is 29.9. The minimum Gasteiger partial charge on any atom is -0.373 e. The number of benzene rings is 1. The molecule has 16 heavy (non-hydrogen) atoms. The zero-order valence-corrected chi connectivity index (χ0v) is 9.59. The Kier molecular flexibility index (Phi) is 3.54. The summed E-state index contributed by atoms with van der Waals surface area (Å²) in [7, 11) is 3.42. The summed E-state index contributed by atoms with van der Waals surface area (Å²) in [6.07, 6.45) is 8.25. The summed E-state index contributed by atoms with van der Waals surface area (Å²) in [5.41, 5.74) is 0. The van der Waals surface area contributed by atoms with Crippen molar-refractivity contribution in [3.8, 4) is 0 Å². The predicted octanol–water partition coefficient (Wildman–Crippen LogP) is 0.847. The van der Waals surface area contributed by atoms with Crippen LogP contribution in [0.3, 0.4) is 0 Å². The lowest BCUT2D eigenvalue weighted by Gasteiger charge is -2.11. The van der Waals surface area contributed by atoms with Crippen LogP contribution < -0.4 is 10.4 Å². The van der Waals surface area contributed by atoms with E-state index in [1.54, 1.807) is 14.2 Å². The maximum atomic E-state index is 5.36. The molecular weight excluding hydrogens is 200 g/mol. The lowest BCUT2D eigenvalue weighted by Crippen LogP contribution is -2.29. The van der Waals surface area contributed by atoms with E-state index in [2.05, 4.69) is 24.3 Å². The molecule has 2 atom stereocenters. The third kappa shape index (κ3) is 2.40. The molecule has 0 fully saturated rings. The van der Waals surface area contributed by atoms with Crippen LogP contribution in [0.1, 0.15) is 0 Å². The summed E-state index contributed by atoms with van der Waals surface area (Å²) in [5, 5.41) is 2.36. The Morgan fingerprint density at radius 3 is 1.62 bits per heavy atom. The Balaban J connectivity index is 2.59. The number of ether oxygens (including phenoxy) is 2. The fraction of sp³-hybridized carbons (Fsp3) is 0.286. The van der Waals surface area contributed by atoms with Crippen LogP contribution in [0, 0.1) is 0 Å². The molecule has 0 aliphatic heterocycles. The quantitative estimate of drug-likeness (QED) is 0.682. The summed E-state index contributed by atoms with van der Waals surface area (Å²) in [5.74, 6) is 0. The van der Waals surface area contributed by atoms with E-state index in [1.165, 1.54) is 10.4 Å². The fourth-order valence-corrected chi connectivity index (χ4v) is 1.79. The van der Waals surface area contributed by atoms with Gasteiger partial charge in [0.2, 0.25) is 0 Å². The van der Waals surface area contributed by atoms with Crippen LogP contribution in [0.15, 0.2) is 36.4 Å². The van der Waals surface area contributed by atoms with Crippen LogP contribution in [0.25, 0.3) is 12.2 Å². The largest absolute Gasteiger partial charge is 0.373 e. The van der Waals surface area contributed by atoms with Crippen molar-refractivity contribution in [3.63, 3.8) is 0 Å². The van der Waals surface area contributed by atoms with Gasteiger partial charge in [-0.15, -0.1) is 0 Å². The van der Waals surface area contributed by atoms with E-state index in [-0.39, 0.29) is 12.2 Å². The number of fused-ring (bicyclic) bond motifs is 1. The summed E-state index contributed by atoms with van der Waals surface area (Å²) < 4.78 is 10.7. The maximum Gasteiger partial charge on any atom is 0.0943 e. The SMILES string of the molecule is COC1/C=C\C(OC)/C=c2/cccc/c2=C/1. The second-order valence-electron chi connectivity index (χ2n) is 3.75. The van der Waals surface area contributed by atoms with Gasteiger partial charge in [0.15, 0.2) is 0 Å². The van der Waals surface area contributed by atoms with Gasteiger partial charge in [-0.05, 0) is 22.6 Å². The van der Waals surface area contributed by atoms with Gasteiger partial charge in [0.1, 0.15) is 0 Å². The Bertz CT molecular complexity index is 443. The molecule has 2 heteroatoms. The second kappa shape index (κ2) is 5.10. The second-order valence-corrected chi connectivity index (χ2v) is 3.75. The number of methoxy groups -OCH3 is 2. The Morgan fingerprint density at radius 2 is 1.25 bits per heavy atom. The molecule has 0 saturated heterocycles. The molecule has 0 aromatic heterocycles. The molecule has 2 unspecified atom stereocenters. The van der Waals surface area contributed by atoms with E-state index in [0.29, 0.717) is 0 Å². The average molecular weight is 216 g/mol. The molecule has 0 heterocycles. The van der Waals surface area contributed by atoms with Crippen LogP contribution in [0.4, 0.5) is 0 Å². The zero-order valence-electron chi connectivity index (χ0n) is 9.59. The molecule has 0 radical (unpaired) electrons. The first kappa shape index (κ1) is 11.1. The van der Waals surface area contributed by atoms with Gasteiger partial charge in [-0.3, -0.25) is 0 Å². The van der Waals surface area contributed by atoms with Gasteiger partial charge >= 0.3 is 0 Å². The summed E-state index contributed by atoms with van der Waals surface area (Å²) in [6.45, 7) is 0. The predicted molar refractivity (Wildman–Crippen MR) is 65.4 cm³/mol. The first-order valence-corrected chi connectivity index (χ1v) is 5.36. The molecule has 1 aromatic rings. The zero-order chi connectivity index (χ0) is 11.4. The third-order valence-corrected chi connectivity index (χ3v) is 2.72. The minimum absolute atomic E-state index is 0.00694. The molecule has 0 amide bonds. The highest BCUT2D eigenvalue weighted by Crippen LogP contribution is 2.01. The highest BCUT2D eigenvalue weighted by molar-refractivity contribution is 5.42. The van der Waals surface area contributed by atoms with Crippen molar-refractivity contribution >= 4 is 12.2 Å². The van der Waals surface area contributed by atoms with Crippen LogP contribution in [-0.2, 0) is 9.47 Å². The standard InChI is InChI=1S/C14H16O2/c1-15-13-7-8-14(16-2)10-12-6-4-3-5-11(12)9-13/h3-10,13-14H,1-2H3/b8-7-,11-9-,12-10-. The molecule has 0 saturated carbocycles. The molecule has 1 aliphatic carbocycles. The van der Waals surface area contributed by atoms with Crippen LogP contribution in [0.2, 0.25) is 0 Å². The van der Waals surface area contributed by atoms with E-state index in [0.717, 1.165) is 0 Å². The molecule has 0 spiro atoms. The van der Waals surface area contributed by atoms with Crippen molar-refractivity contribution in [2.24, 2.45) is 0 Å². The Morgan fingerprint density at radius 1 is 0.812 bits per heavy atom. The highest BCUT2D eigenvalue weighted by atomic mass is 16.5. The van der Waals surface area contributed by atoms with Gasteiger partial charge in [-0.1, -0.05) is 36.4 Å². The maximum absolute atomic E-state index is 5.36. The molecule has 0 bridgehead atoms. The van der Waals surface area contributed by atoms with Gasteiger partial charge in [0, 0.05) is 14.2 Å². The van der Waals surface area contributed by atoms with Gasteiger partial charge < -0.3 is 9.47 Å². The van der Waals surface area contributed by atoms with Crippen molar-refractivity contribution in [2.75, 3.05) is 14.2 Å². The number of rotatable bonds is 2. The van der Waals surface area contributed by atoms with Gasteiger partial charge in [-0.25, -0.2) is 0 Å². The smallest absolute Gasteiger partial charge is 0.0943 e. The highest BCUT2D eigenvalue weighted by Gasteiger charge is 2.04. The molecule has 1 aromatic carbocycles. The third-order valence-electron chi connectivity index (χ3n) is 2.72. The van der Waals surface area contributed by atoms with E-state index >= 15 is 0 Å². The number of hydrogen-bond donors (Lipinski definition) is 0. The Labute approximate surface area is 95.5 Å². The van der Waals surface area contributed by atoms with Gasteiger partial charge in [-0.2, -0.15) is 0 Å². The van der Waals surface area contributed by atoms with E-state index in [9.17, 15) is 0 Å². The van der Waals surface area contributed by atoms with Crippen molar-refractivity contribution < 1.29 is 9.47 Å². The first-order valence-electron chi connectivity index (χ1n) is 5.36. The summed E-state index contributed by atoms with van der Waals surface area (Å²) >= 11 is 0. The van der Waals surface area contributed by atoms with Crippen LogP contribution in [-0.4, -0.2) is 26.4 Å². The monoisotopic (exact) mass is 216 g/mol. The van der Waals surface area contributed by atoms with E-state index < -0.39 is 0 Å². The Hall–Kier alpha value is -1.38. The van der Waals surface area contributed by atoms with Crippen molar-refractivity contribution in [1.29, 1.82) is 0 Å². The van der Waals surface area contributed by atoms with Crippen LogP contribution >= 0.6 is 0 Å². The van der Waals surface area contributed by atoms with Gasteiger partial charge in [0.05, 0.1) is 12.2 Å². The summed E-state index contributed by atoms with van der Waals surface area (Å²) in [6, 6.07) is 8.24. The van der Waals surface area contributed by atoms with Crippen LogP contribution in [0.5, 0.6) is 0 Å². The minimum atomic E-state index is 0.00694. The fourth-order valence-electron chi connectivity index (χ4n) is 1.79. The van der Waals surface area contributed by atoms with E-state index in [1.807, 2.05) is 24.3 Å². The lowest BCUT2D eigenvalue weighted by molar-refractivity contribution is 0.176. The first-order chi connectivity index (χ1) is 7.83. The van der Waals surface area contributed by atoms with E-state index in [4.69, 9.17) is 9.47 Å². The summed E-state index contributed by atoms with van der Waals surface area (Å²) in [4.78, 5) is 0. The lowest BCUT2D eigenvalue weighted by atomic mass is 10.1. The van der Waals surface area contributed by atoms with Crippen molar-refractivity contribution in [3.05, 3.63) is 46.9 Å². The molecule has 1 aliphatic rings. The topological polar surface area (TPSA) is 18.5 Å². The average Bonchev–Trinajstić information content (AvgIpc) is 2.30. The molecule has 2 nitrogen and oxygen atoms in total. The molecular formula is C14H16O2. The van der Waals surface area contributed by atoms with Crippen molar-refractivity contribution in [1.82, 2.24) is 0 Å². The number of hydrogen-bond acceptors (Lipinski definition) is 2. The van der Waals surface area contributed by atoms with Gasteiger partial charge in [0.25, 0.3) is 0 Å². The van der Waals surface area contributed by atoms with Crippen molar-refractivity contribution in [2.45, 2.75) is 12.2 Å². The molecule has 84 valence electrons. The molecule has 0 N–H and O–H groups in total. The molecule has 2 rings (SSSR count).